The van der Waals surface area contributed by atoms with Gasteiger partial charge in [0.15, 0.2) is 0 Å². The number of nitrogens with one attached hydrogen (secondary N) is 1. The van der Waals surface area contributed by atoms with Crippen LogP contribution in [0.3, 0.4) is 0 Å². The molecule has 1 heterocycles. The molecule has 2 unspecified atom stereocenters. The number of hydrogen-bond donors (Lipinski definition) is 1. The maximum atomic E-state index is 12.7. The number of amidine groups is 1. The molecule has 266 valence electrons. The third-order valence-corrected chi connectivity index (χ3v) is 10.1. The second-order valence-electron chi connectivity index (χ2n) is 14.5. The molecule has 0 bridgehead atoms. The van der Waals surface area contributed by atoms with E-state index in [1.807, 2.05) is 0 Å². The molecule has 0 spiro atoms. The number of esters is 1. The molecule has 0 aromatic carbocycles. The third-order valence-electron chi connectivity index (χ3n) is 10.1. The molecule has 1 aliphatic heterocycles. The predicted molar refractivity (Wildman–Crippen MR) is 198 cm³/mol. The van der Waals surface area contributed by atoms with Gasteiger partial charge >= 0.3 is 5.97 Å². The van der Waals surface area contributed by atoms with Crippen LogP contribution in [0.15, 0.2) is 4.99 Å². The van der Waals surface area contributed by atoms with E-state index in [0.29, 0.717) is 12.3 Å². The molecule has 1 aliphatic rings. The van der Waals surface area contributed by atoms with Crippen molar-refractivity contribution < 1.29 is 9.53 Å². The fourth-order valence-electron chi connectivity index (χ4n) is 6.94. The van der Waals surface area contributed by atoms with E-state index in [9.17, 15) is 4.79 Å². The fourth-order valence-corrected chi connectivity index (χ4v) is 6.94. The average molecular weight is 633 g/mol. The molecule has 4 nitrogen and oxygen atoms in total. The highest BCUT2D eigenvalue weighted by Crippen LogP contribution is 2.23. The highest BCUT2D eigenvalue weighted by atomic mass is 16.5. The first kappa shape index (κ1) is 42.0. The van der Waals surface area contributed by atoms with Crippen LogP contribution in [0.5, 0.6) is 0 Å². The van der Waals surface area contributed by atoms with Crippen LogP contribution in [0, 0.1) is 5.92 Å². The Morgan fingerprint density at radius 1 is 0.600 bits per heavy atom. The summed E-state index contributed by atoms with van der Waals surface area (Å²) in [6.45, 7) is 8.54. The van der Waals surface area contributed by atoms with Gasteiger partial charge in [-0.3, -0.25) is 9.79 Å². The number of hydrogen-bond acceptors (Lipinski definition) is 4. The van der Waals surface area contributed by atoms with Gasteiger partial charge in [0, 0.05) is 25.3 Å². The standard InChI is InChI=1S/C41H80N2O2/c1-4-6-8-10-12-14-16-18-20-22-24-26-28-30-32-34-41(44)45-38(3)39(37-40-42-35-36-43-40)33-31-29-27-25-23-21-19-17-15-13-11-9-7-5-2/h38-39H,4-37H2,1-3H3,(H,42,43). The summed E-state index contributed by atoms with van der Waals surface area (Å²) in [5.41, 5.74) is 0. The summed E-state index contributed by atoms with van der Waals surface area (Å²) in [6, 6.07) is 0. The Bertz CT molecular complexity index is 664. The van der Waals surface area contributed by atoms with Crippen molar-refractivity contribution in [1.82, 2.24) is 5.32 Å². The van der Waals surface area contributed by atoms with E-state index in [1.165, 1.54) is 173 Å². The maximum absolute atomic E-state index is 12.7. The fraction of sp³-hybridized carbons (Fsp3) is 0.951. The lowest BCUT2D eigenvalue weighted by molar-refractivity contribution is -0.151. The van der Waals surface area contributed by atoms with E-state index in [1.54, 1.807) is 0 Å². The molecule has 0 aromatic heterocycles. The Morgan fingerprint density at radius 3 is 1.36 bits per heavy atom. The predicted octanol–water partition coefficient (Wildman–Crippen LogP) is 13.1. The normalized spacial score (nSPS) is 14.3. The van der Waals surface area contributed by atoms with Gasteiger partial charge in [-0.05, 0) is 19.8 Å². The Labute approximate surface area is 282 Å². The number of nitrogens with zero attached hydrogens (tertiary/aromatic N) is 1. The summed E-state index contributed by atoms with van der Waals surface area (Å²) in [7, 11) is 0. The molecule has 4 heteroatoms. The van der Waals surface area contributed by atoms with Crippen molar-refractivity contribution in [3.05, 3.63) is 0 Å². The Kier molecular flexibility index (Phi) is 30.6. The van der Waals surface area contributed by atoms with Gasteiger partial charge in [-0.1, -0.05) is 194 Å². The zero-order valence-corrected chi connectivity index (χ0v) is 31.0. The van der Waals surface area contributed by atoms with Gasteiger partial charge in [-0.2, -0.15) is 0 Å². The zero-order chi connectivity index (χ0) is 32.5. The maximum Gasteiger partial charge on any atom is 0.306 e. The molecule has 0 fully saturated rings. The van der Waals surface area contributed by atoms with Crippen molar-refractivity contribution in [1.29, 1.82) is 0 Å². The highest BCUT2D eigenvalue weighted by molar-refractivity contribution is 5.83. The lowest BCUT2D eigenvalue weighted by atomic mass is 9.92. The van der Waals surface area contributed by atoms with Crippen LogP contribution in [0.4, 0.5) is 0 Å². The summed E-state index contributed by atoms with van der Waals surface area (Å²) in [5.74, 6) is 1.50. The molecule has 0 saturated carbocycles. The SMILES string of the molecule is CCCCCCCCCCCCCCCCCC(=O)OC(C)C(CCCCCCCCCCCCCCCC)CC1=NCCN1. The first-order valence-corrected chi connectivity index (χ1v) is 20.6. The van der Waals surface area contributed by atoms with Crippen LogP contribution >= 0.6 is 0 Å². The molecular weight excluding hydrogens is 552 g/mol. The van der Waals surface area contributed by atoms with Crippen LogP contribution in [-0.4, -0.2) is 31.0 Å². The minimum Gasteiger partial charge on any atom is -0.462 e. The average Bonchev–Trinajstić information content (AvgIpc) is 3.55. The molecule has 0 aliphatic carbocycles. The first-order valence-electron chi connectivity index (χ1n) is 20.6. The highest BCUT2D eigenvalue weighted by Gasteiger charge is 2.23. The van der Waals surface area contributed by atoms with Gasteiger partial charge in [0.2, 0.25) is 0 Å². The van der Waals surface area contributed by atoms with E-state index in [-0.39, 0.29) is 12.1 Å². The molecule has 0 amide bonds. The van der Waals surface area contributed by atoms with E-state index in [4.69, 9.17) is 4.74 Å². The van der Waals surface area contributed by atoms with Gasteiger partial charge in [0.25, 0.3) is 0 Å². The molecule has 1 rings (SSSR count). The minimum absolute atomic E-state index is 0.00414. The number of carbonyl (C=O) groups excluding carboxylic acids is 1. The monoisotopic (exact) mass is 633 g/mol. The van der Waals surface area contributed by atoms with Gasteiger partial charge in [0.05, 0.1) is 12.4 Å². The summed E-state index contributed by atoms with van der Waals surface area (Å²) < 4.78 is 5.99. The smallest absolute Gasteiger partial charge is 0.306 e. The first-order chi connectivity index (χ1) is 22.2. The lowest BCUT2D eigenvalue weighted by Crippen LogP contribution is -2.29. The summed E-state index contributed by atoms with van der Waals surface area (Å²) in [6.07, 6.45) is 42.2. The van der Waals surface area contributed by atoms with Crippen LogP contribution in [-0.2, 0) is 9.53 Å². The van der Waals surface area contributed by atoms with Crippen LogP contribution in [0.2, 0.25) is 0 Å². The van der Waals surface area contributed by atoms with E-state index in [0.717, 1.165) is 44.6 Å². The van der Waals surface area contributed by atoms with Crippen LogP contribution < -0.4 is 5.32 Å². The number of aliphatic imine (C=N–C) groups is 1. The topological polar surface area (TPSA) is 50.7 Å². The van der Waals surface area contributed by atoms with Gasteiger partial charge in [-0.15, -0.1) is 0 Å². The van der Waals surface area contributed by atoms with E-state index < -0.39 is 0 Å². The summed E-state index contributed by atoms with van der Waals surface area (Å²) in [4.78, 5) is 17.3. The number of ether oxygens (including phenoxy) is 1. The summed E-state index contributed by atoms with van der Waals surface area (Å²) in [5, 5.41) is 3.44. The third kappa shape index (κ3) is 27.7. The van der Waals surface area contributed by atoms with Crippen molar-refractivity contribution >= 4 is 11.8 Å². The Hall–Kier alpha value is -1.06. The zero-order valence-electron chi connectivity index (χ0n) is 31.0. The van der Waals surface area contributed by atoms with Crippen molar-refractivity contribution in [3.63, 3.8) is 0 Å². The van der Waals surface area contributed by atoms with Crippen LogP contribution in [0.1, 0.15) is 226 Å². The second-order valence-corrected chi connectivity index (χ2v) is 14.5. The van der Waals surface area contributed by atoms with E-state index >= 15 is 0 Å². The number of rotatable bonds is 35. The van der Waals surface area contributed by atoms with Crippen molar-refractivity contribution in [2.45, 2.75) is 232 Å². The van der Waals surface area contributed by atoms with E-state index in [2.05, 4.69) is 31.1 Å². The quantitative estimate of drug-likeness (QED) is 0.0558. The number of carbonyl (C=O) groups is 1. The van der Waals surface area contributed by atoms with Crippen LogP contribution in [0.25, 0.3) is 0 Å². The Morgan fingerprint density at radius 2 is 0.978 bits per heavy atom. The Balaban J connectivity index is 2.06. The molecule has 2 atom stereocenters. The van der Waals surface area contributed by atoms with Gasteiger partial charge in [-0.25, -0.2) is 0 Å². The van der Waals surface area contributed by atoms with Crippen molar-refractivity contribution in [3.8, 4) is 0 Å². The largest absolute Gasteiger partial charge is 0.462 e. The second kappa shape index (κ2) is 32.9. The number of unbranched alkanes of at least 4 members (excludes halogenated alkanes) is 27. The molecule has 0 radical (unpaired) electrons. The minimum atomic E-state index is -0.0269. The molecule has 1 N–H and O–H groups in total. The molecular formula is C41H80N2O2. The van der Waals surface area contributed by atoms with Gasteiger partial charge < -0.3 is 10.1 Å². The molecule has 45 heavy (non-hydrogen) atoms. The summed E-state index contributed by atoms with van der Waals surface area (Å²) >= 11 is 0. The van der Waals surface area contributed by atoms with Crippen molar-refractivity contribution in [2.24, 2.45) is 10.9 Å². The molecule has 0 aromatic rings. The molecule has 0 saturated heterocycles. The van der Waals surface area contributed by atoms with Crippen molar-refractivity contribution in [2.75, 3.05) is 13.1 Å². The lowest BCUT2D eigenvalue weighted by Gasteiger charge is -2.24. The van der Waals surface area contributed by atoms with Gasteiger partial charge in [0.1, 0.15) is 6.10 Å².